The number of hydrogen-bond donors (Lipinski definition) is 3. The summed E-state index contributed by atoms with van der Waals surface area (Å²) < 4.78 is 13.7. The fourth-order valence-corrected chi connectivity index (χ4v) is 7.29. The Bertz CT molecular complexity index is 1910. The van der Waals surface area contributed by atoms with E-state index >= 15 is 0 Å². The molecule has 1 saturated heterocycles. The third-order valence-electron chi connectivity index (χ3n) is 10.4. The van der Waals surface area contributed by atoms with Gasteiger partial charge in [-0.25, -0.2) is 0 Å². The molecule has 5 aromatic rings. The van der Waals surface area contributed by atoms with Crippen molar-refractivity contribution in [3.8, 4) is 11.1 Å². The second-order valence-electron chi connectivity index (χ2n) is 14.9. The lowest BCUT2D eigenvalue weighted by molar-refractivity contribution is -0.276. The molecule has 1 aliphatic rings. The van der Waals surface area contributed by atoms with E-state index in [1.807, 2.05) is 24.3 Å². The van der Waals surface area contributed by atoms with E-state index in [4.69, 9.17) is 9.47 Å². The van der Waals surface area contributed by atoms with Crippen molar-refractivity contribution >= 4 is 11.8 Å². The van der Waals surface area contributed by atoms with Gasteiger partial charge in [-0.3, -0.25) is 14.5 Å². The largest absolute Gasteiger partial charge is 0.392 e. The van der Waals surface area contributed by atoms with Crippen molar-refractivity contribution in [1.29, 1.82) is 0 Å². The summed E-state index contributed by atoms with van der Waals surface area (Å²) in [6.07, 6.45) is 2.12. The summed E-state index contributed by atoms with van der Waals surface area (Å²) in [5, 5.41) is 15.6. The molecular formula is C48H55N3O5. The van der Waals surface area contributed by atoms with Gasteiger partial charge in [-0.2, -0.15) is 0 Å². The molecular weight excluding hydrogens is 699 g/mol. The fraction of sp³-hybridized carbons (Fsp3) is 0.333. The molecule has 1 aliphatic heterocycles. The molecule has 0 spiro atoms. The summed E-state index contributed by atoms with van der Waals surface area (Å²) in [6, 6.07) is 45.9. The SMILES string of the molecule is CC(=O)NCCCCCC(=O)NCc1cccc(-c2ccc(C3OC(CN(Cc4ccccc4)Cc4ccccc4)C(C)C(c4ccc(CO)cc4)O3)cc2)c1. The Labute approximate surface area is 331 Å². The van der Waals surface area contributed by atoms with Crippen molar-refractivity contribution in [3.63, 3.8) is 0 Å². The lowest BCUT2D eigenvalue weighted by Crippen LogP contribution is -2.44. The standard InChI is InChI=1S/C48H55N3O5/c1-35-45(33-51(31-37-13-6-3-7-14-37)32-38-15-8-4-9-16-38)55-48(56-47(35)42-22-20-39(34-52)21-23-42)43-26-24-41(25-27-43)44-18-12-17-40(29-44)30-50-46(54)19-10-5-11-28-49-36(2)53/h3-4,6-9,12-18,20-27,29,35,45,47-48,52H,5,10-11,19,28,30-34H2,1-2H3,(H,49,53)(H,50,54). The number of carbonyl (C=O) groups is 2. The number of ether oxygens (including phenoxy) is 2. The van der Waals surface area contributed by atoms with Gasteiger partial charge in [0.25, 0.3) is 0 Å². The van der Waals surface area contributed by atoms with E-state index < -0.39 is 6.29 Å². The Morgan fingerprint density at radius 1 is 0.661 bits per heavy atom. The molecule has 4 unspecified atom stereocenters. The molecule has 0 aliphatic carbocycles. The van der Waals surface area contributed by atoms with Crippen LogP contribution in [0.15, 0.2) is 133 Å². The van der Waals surface area contributed by atoms with Gasteiger partial charge in [-0.05, 0) is 57.9 Å². The highest BCUT2D eigenvalue weighted by Gasteiger charge is 2.39. The highest BCUT2D eigenvalue weighted by atomic mass is 16.7. The van der Waals surface area contributed by atoms with Crippen LogP contribution in [0.4, 0.5) is 0 Å². The van der Waals surface area contributed by atoms with Crippen LogP contribution in [0, 0.1) is 5.92 Å². The van der Waals surface area contributed by atoms with E-state index in [9.17, 15) is 14.7 Å². The zero-order chi connectivity index (χ0) is 39.1. The fourth-order valence-electron chi connectivity index (χ4n) is 7.29. The van der Waals surface area contributed by atoms with E-state index in [1.165, 1.54) is 18.1 Å². The molecule has 3 N–H and O–H groups in total. The molecule has 1 fully saturated rings. The summed E-state index contributed by atoms with van der Waals surface area (Å²) in [4.78, 5) is 26.0. The van der Waals surface area contributed by atoms with Crippen LogP contribution in [0.1, 0.15) is 85.3 Å². The molecule has 0 radical (unpaired) electrons. The van der Waals surface area contributed by atoms with Crippen LogP contribution in [0.5, 0.6) is 0 Å². The zero-order valence-electron chi connectivity index (χ0n) is 32.6. The number of nitrogens with one attached hydrogen (secondary N) is 2. The van der Waals surface area contributed by atoms with Gasteiger partial charge in [-0.1, -0.05) is 141 Å². The normalized spacial score (nSPS) is 18.1. The molecule has 8 heteroatoms. The average molecular weight is 754 g/mol. The van der Waals surface area contributed by atoms with Crippen LogP contribution in [-0.2, 0) is 45.3 Å². The first-order valence-corrected chi connectivity index (χ1v) is 19.9. The topological polar surface area (TPSA) is 100 Å². The maximum atomic E-state index is 12.5. The Morgan fingerprint density at radius 3 is 1.95 bits per heavy atom. The quantitative estimate of drug-likeness (QED) is 0.0776. The number of amides is 2. The van der Waals surface area contributed by atoms with Crippen molar-refractivity contribution in [2.75, 3.05) is 13.1 Å². The van der Waals surface area contributed by atoms with Crippen LogP contribution in [-0.4, -0.2) is 41.0 Å². The van der Waals surface area contributed by atoms with Crippen LogP contribution in [0.3, 0.4) is 0 Å². The Balaban J connectivity index is 1.15. The average Bonchev–Trinajstić information content (AvgIpc) is 3.23. The highest BCUT2D eigenvalue weighted by molar-refractivity contribution is 5.76. The third-order valence-corrected chi connectivity index (χ3v) is 10.4. The van der Waals surface area contributed by atoms with Gasteiger partial charge < -0.3 is 25.2 Å². The van der Waals surface area contributed by atoms with Crippen LogP contribution in [0.2, 0.25) is 0 Å². The number of hydrogen-bond acceptors (Lipinski definition) is 6. The number of benzene rings is 5. The van der Waals surface area contributed by atoms with Crippen molar-refractivity contribution < 1.29 is 24.2 Å². The molecule has 6 rings (SSSR count). The summed E-state index contributed by atoms with van der Waals surface area (Å²) in [6.45, 7) is 7.14. The van der Waals surface area contributed by atoms with E-state index in [0.29, 0.717) is 19.5 Å². The summed E-state index contributed by atoms with van der Waals surface area (Å²) >= 11 is 0. The molecule has 0 aromatic heterocycles. The number of aliphatic hydroxyl groups is 1. The van der Waals surface area contributed by atoms with E-state index in [0.717, 1.165) is 72.3 Å². The lowest BCUT2D eigenvalue weighted by Gasteiger charge is -2.43. The number of carbonyl (C=O) groups excluding carboxylic acids is 2. The molecule has 56 heavy (non-hydrogen) atoms. The predicted molar refractivity (Wildman–Crippen MR) is 221 cm³/mol. The third kappa shape index (κ3) is 11.9. The summed E-state index contributed by atoms with van der Waals surface area (Å²) in [7, 11) is 0. The molecule has 4 atom stereocenters. The van der Waals surface area contributed by atoms with E-state index in [-0.39, 0.29) is 36.5 Å². The Hall–Kier alpha value is -5.12. The minimum atomic E-state index is -0.574. The van der Waals surface area contributed by atoms with Crippen LogP contribution < -0.4 is 10.6 Å². The first kappa shape index (κ1) is 40.5. The molecule has 8 nitrogen and oxygen atoms in total. The minimum absolute atomic E-state index is 0.00340. The van der Waals surface area contributed by atoms with Gasteiger partial charge in [0.05, 0.1) is 18.8 Å². The van der Waals surface area contributed by atoms with Crippen molar-refractivity contribution in [2.24, 2.45) is 5.92 Å². The van der Waals surface area contributed by atoms with Gasteiger partial charge in [0.1, 0.15) is 0 Å². The number of unbranched alkanes of at least 4 members (excludes halogenated alkanes) is 2. The van der Waals surface area contributed by atoms with Gasteiger partial charge in [0.15, 0.2) is 6.29 Å². The van der Waals surface area contributed by atoms with E-state index in [2.05, 4.69) is 132 Å². The molecule has 0 saturated carbocycles. The molecule has 1 heterocycles. The Morgan fingerprint density at radius 2 is 1.30 bits per heavy atom. The second kappa shape index (κ2) is 20.7. The van der Waals surface area contributed by atoms with Crippen molar-refractivity contribution in [3.05, 3.63) is 167 Å². The first-order chi connectivity index (χ1) is 27.3. The number of nitrogens with zero attached hydrogens (tertiary/aromatic N) is 1. The summed E-state index contributed by atoms with van der Waals surface area (Å²) in [5.74, 6) is 0.0623. The van der Waals surface area contributed by atoms with Gasteiger partial charge in [0.2, 0.25) is 11.8 Å². The highest BCUT2D eigenvalue weighted by Crippen LogP contribution is 2.42. The van der Waals surface area contributed by atoms with Crippen molar-refractivity contribution in [1.82, 2.24) is 15.5 Å². The van der Waals surface area contributed by atoms with Gasteiger partial charge in [0, 0.05) is 57.5 Å². The zero-order valence-corrected chi connectivity index (χ0v) is 32.6. The molecule has 0 bridgehead atoms. The maximum Gasteiger partial charge on any atom is 0.220 e. The first-order valence-electron chi connectivity index (χ1n) is 19.9. The molecule has 292 valence electrons. The van der Waals surface area contributed by atoms with Gasteiger partial charge in [-0.15, -0.1) is 0 Å². The number of rotatable bonds is 18. The maximum absolute atomic E-state index is 12.5. The van der Waals surface area contributed by atoms with Crippen LogP contribution in [0.25, 0.3) is 11.1 Å². The predicted octanol–water partition coefficient (Wildman–Crippen LogP) is 8.65. The van der Waals surface area contributed by atoms with E-state index in [1.54, 1.807) is 0 Å². The van der Waals surface area contributed by atoms with Crippen LogP contribution >= 0.6 is 0 Å². The lowest BCUT2D eigenvalue weighted by atomic mass is 9.89. The number of aliphatic hydroxyl groups excluding tert-OH is 1. The van der Waals surface area contributed by atoms with Gasteiger partial charge >= 0.3 is 0 Å². The summed E-state index contributed by atoms with van der Waals surface area (Å²) in [5.41, 5.74) is 8.55. The van der Waals surface area contributed by atoms with Crippen molar-refractivity contribution in [2.45, 2.75) is 84.3 Å². The minimum Gasteiger partial charge on any atom is -0.392 e. The second-order valence-corrected chi connectivity index (χ2v) is 14.9. The smallest absolute Gasteiger partial charge is 0.220 e. The Kier molecular flexibility index (Phi) is 15.0. The monoisotopic (exact) mass is 753 g/mol. The molecule has 5 aromatic carbocycles. The molecule has 2 amide bonds.